The van der Waals surface area contributed by atoms with E-state index < -0.39 is 0 Å². The summed E-state index contributed by atoms with van der Waals surface area (Å²) in [5.41, 5.74) is 5.72. The third-order valence-corrected chi connectivity index (χ3v) is 2.60. The van der Waals surface area contributed by atoms with Gasteiger partial charge in [-0.2, -0.15) is 0 Å². The molecule has 0 aliphatic heterocycles. The Hall–Kier alpha value is -1.52. The van der Waals surface area contributed by atoms with Crippen LogP contribution in [-0.4, -0.2) is 28.1 Å². The van der Waals surface area contributed by atoms with Crippen molar-refractivity contribution in [2.75, 3.05) is 6.54 Å². The van der Waals surface area contributed by atoms with Crippen LogP contribution in [0.3, 0.4) is 0 Å². The Morgan fingerprint density at radius 3 is 3.06 bits per heavy atom. The van der Waals surface area contributed by atoms with Gasteiger partial charge in [0, 0.05) is 31.5 Å². The summed E-state index contributed by atoms with van der Waals surface area (Å²) in [5.74, 6) is 0.602. The summed E-state index contributed by atoms with van der Waals surface area (Å²) in [5, 5.41) is 3.17. The van der Waals surface area contributed by atoms with Crippen LogP contribution in [0.1, 0.15) is 25.7 Å². The van der Waals surface area contributed by atoms with Crippen LogP contribution in [0.4, 0.5) is 0 Å². The summed E-state index contributed by atoms with van der Waals surface area (Å²) >= 11 is 0. The van der Waals surface area contributed by atoms with Gasteiger partial charge >= 0.3 is 0 Å². The van der Waals surface area contributed by atoms with E-state index in [1.165, 1.54) is 12.8 Å². The molecule has 0 radical (unpaired) electrons. The van der Waals surface area contributed by atoms with Gasteiger partial charge in [-0.05, 0) is 25.7 Å². The summed E-state index contributed by atoms with van der Waals surface area (Å²) in [6, 6.07) is 0.592. The van der Waals surface area contributed by atoms with Crippen molar-refractivity contribution in [2.24, 2.45) is 10.7 Å². The second-order valence-corrected chi connectivity index (χ2v) is 4.19. The maximum Gasteiger partial charge on any atom is 0.188 e. The standard InChI is InChI=1S/C11H19N5/c12-11(15-10-3-4-10)14-5-1-2-7-16-8-6-13-9-16/h6,8-10H,1-5,7H2,(H3,12,14,15). The molecule has 0 amide bonds. The molecule has 1 fully saturated rings. The zero-order valence-electron chi connectivity index (χ0n) is 9.47. The van der Waals surface area contributed by atoms with Gasteiger partial charge in [0.2, 0.25) is 0 Å². The highest BCUT2D eigenvalue weighted by molar-refractivity contribution is 5.78. The maximum absolute atomic E-state index is 5.72. The van der Waals surface area contributed by atoms with E-state index in [4.69, 9.17) is 5.73 Å². The Kier molecular flexibility index (Phi) is 3.80. The first kappa shape index (κ1) is 11.0. The van der Waals surface area contributed by atoms with E-state index in [2.05, 4.69) is 19.9 Å². The Morgan fingerprint density at radius 2 is 2.38 bits per heavy atom. The van der Waals surface area contributed by atoms with E-state index >= 15 is 0 Å². The largest absolute Gasteiger partial charge is 0.370 e. The van der Waals surface area contributed by atoms with Crippen molar-refractivity contribution in [3.63, 3.8) is 0 Å². The average Bonchev–Trinajstić information content (AvgIpc) is 2.93. The molecule has 0 spiro atoms. The lowest BCUT2D eigenvalue weighted by Crippen LogP contribution is -2.33. The van der Waals surface area contributed by atoms with Gasteiger partial charge < -0.3 is 15.6 Å². The van der Waals surface area contributed by atoms with Crippen LogP contribution in [0, 0.1) is 0 Å². The lowest BCUT2D eigenvalue weighted by molar-refractivity contribution is 0.614. The molecule has 0 unspecified atom stereocenters. The molecular weight excluding hydrogens is 202 g/mol. The molecule has 0 bridgehead atoms. The first-order chi connectivity index (χ1) is 7.84. The minimum atomic E-state index is 0.592. The van der Waals surface area contributed by atoms with E-state index in [0.29, 0.717) is 12.0 Å². The van der Waals surface area contributed by atoms with E-state index in [0.717, 1.165) is 25.9 Å². The number of nitrogens with zero attached hydrogens (tertiary/aromatic N) is 3. The average molecular weight is 221 g/mol. The molecule has 1 aliphatic carbocycles. The Bertz CT molecular complexity index is 326. The molecule has 1 saturated carbocycles. The maximum atomic E-state index is 5.72. The van der Waals surface area contributed by atoms with E-state index in [9.17, 15) is 0 Å². The molecule has 0 saturated heterocycles. The smallest absolute Gasteiger partial charge is 0.188 e. The first-order valence-electron chi connectivity index (χ1n) is 5.87. The Labute approximate surface area is 95.8 Å². The summed E-state index contributed by atoms with van der Waals surface area (Å²) in [7, 11) is 0. The first-order valence-corrected chi connectivity index (χ1v) is 5.87. The molecule has 1 aromatic rings. The molecule has 0 aromatic carbocycles. The third-order valence-electron chi connectivity index (χ3n) is 2.60. The second-order valence-electron chi connectivity index (χ2n) is 4.19. The van der Waals surface area contributed by atoms with Crippen molar-refractivity contribution in [2.45, 2.75) is 38.3 Å². The second kappa shape index (κ2) is 5.53. The topological polar surface area (TPSA) is 68.2 Å². The van der Waals surface area contributed by atoms with Crippen molar-refractivity contribution < 1.29 is 0 Å². The van der Waals surface area contributed by atoms with Crippen LogP contribution in [0.2, 0.25) is 0 Å². The number of aryl methyl sites for hydroxylation is 1. The number of unbranched alkanes of at least 4 members (excludes halogenated alkanes) is 1. The van der Waals surface area contributed by atoms with Crippen LogP contribution in [0.25, 0.3) is 0 Å². The summed E-state index contributed by atoms with van der Waals surface area (Å²) in [6.07, 6.45) is 10.3. The number of nitrogens with two attached hydrogens (primary N) is 1. The number of hydrogen-bond acceptors (Lipinski definition) is 2. The van der Waals surface area contributed by atoms with Crippen molar-refractivity contribution in [1.29, 1.82) is 0 Å². The Balaban J connectivity index is 1.53. The zero-order chi connectivity index (χ0) is 11.2. The monoisotopic (exact) mass is 221 g/mol. The van der Waals surface area contributed by atoms with Gasteiger partial charge in [-0.25, -0.2) is 4.98 Å². The third kappa shape index (κ3) is 3.92. The predicted octanol–water partition coefficient (Wildman–Crippen LogP) is 0.730. The highest BCUT2D eigenvalue weighted by atomic mass is 15.1. The fourth-order valence-corrected chi connectivity index (χ4v) is 1.51. The number of guanidine groups is 1. The van der Waals surface area contributed by atoms with E-state index in [-0.39, 0.29) is 0 Å². The lowest BCUT2D eigenvalue weighted by atomic mass is 10.3. The SMILES string of the molecule is NC(=NCCCCn1ccnc1)NC1CC1. The van der Waals surface area contributed by atoms with Gasteiger partial charge in [-0.1, -0.05) is 0 Å². The molecular formula is C11H19N5. The quantitative estimate of drug-likeness (QED) is 0.423. The van der Waals surface area contributed by atoms with Crippen molar-refractivity contribution in [1.82, 2.24) is 14.9 Å². The van der Waals surface area contributed by atoms with Crippen molar-refractivity contribution in [3.05, 3.63) is 18.7 Å². The van der Waals surface area contributed by atoms with Gasteiger partial charge in [0.25, 0.3) is 0 Å². The van der Waals surface area contributed by atoms with Crippen LogP contribution in [0.15, 0.2) is 23.7 Å². The molecule has 1 aromatic heterocycles. The molecule has 0 atom stereocenters. The number of nitrogens with one attached hydrogen (secondary N) is 1. The highest BCUT2D eigenvalue weighted by Crippen LogP contribution is 2.17. The van der Waals surface area contributed by atoms with Gasteiger partial charge in [-0.3, -0.25) is 4.99 Å². The van der Waals surface area contributed by atoms with Crippen LogP contribution in [0.5, 0.6) is 0 Å². The molecule has 5 nitrogen and oxygen atoms in total. The number of aliphatic imine (C=N–C) groups is 1. The fraction of sp³-hybridized carbons (Fsp3) is 0.636. The summed E-state index contributed by atoms with van der Waals surface area (Å²) in [4.78, 5) is 8.28. The van der Waals surface area contributed by atoms with Crippen LogP contribution in [-0.2, 0) is 6.54 Å². The number of hydrogen-bond donors (Lipinski definition) is 2. The van der Waals surface area contributed by atoms with Gasteiger partial charge in [0.05, 0.1) is 6.33 Å². The molecule has 16 heavy (non-hydrogen) atoms. The van der Waals surface area contributed by atoms with Gasteiger partial charge in [-0.15, -0.1) is 0 Å². The van der Waals surface area contributed by atoms with Crippen LogP contribution < -0.4 is 11.1 Å². The highest BCUT2D eigenvalue weighted by Gasteiger charge is 2.21. The molecule has 2 rings (SSSR count). The normalized spacial score (nSPS) is 16.4. The van der Waals surface area contributed by atoms with Gasteiger partial charge in [0.1, 0.15) is 0 Å². The molecule has 5 heteroatoms. The molecule has 1 heterocycles. The minimum absolute atomic E-state index is 0.592. The van der Waals surface area contributed by atoms with E-state index in [1.807, 2.05) is 12.5 Å². The number of imidazole rings is 1. The zero-order valence-corrected chi connectivity index (χ0v) is 9.47. The van der Waals surface area contributed by atoms with Gasteiger partial charge in [0.15, 0.2) is 5.96 Å². The fourth-order valence-electron chi connectivity index (χ4n) is 1.51. The number of rotatable bonds is 6. The van der Waals surface area contributed by atoms with E-state index in [1.54, 1.807) is 6.20 Å². The summed E-state index contributed by atoms with van der Waals surface area (Å²) < 4.78 is 2.08. The summed E-state index contributed by atoms with van der Waals surface area (Å²) in [6.45, 7) is 1.81. The molecule has 3 N–H and O–H groups in total. The minimum Gasteiger partial charge on any atom is -0.370 e. The van der Waals surface area contributed by atoms with Crippen molar-refractivity contribution >= 4 is 5.96 Å². The Morgan fingerprint density at radius 1 is 1.50 bits per heavy atom. The predicted molar refractivity (Wildman–Crippen MR) is 64.1 cm³/mol. The lowest BCUT2D eigenvalue weighted by Gasteiger charge is -2.03. The van der Waals surface area contributed by atoms with Crippen LogP contribution >= 0.6 is 0 Å². The molecule has 1 aliphatic rings. The number of aromatic nitrogens is 2. The van der Waals surface area contributed by atoms with Crippen molar-refractivity contribution in [3.8, 4) is 0 Å². The molecule has 88 valence electrons.